The van der Waals surface area contributed by atoms with E-state index in [-0.39, 0.29) is 5.91 Å². The number of hydrogen-bond donors (Lipinski definition) is 0. The lowest BCUT2D eigenvalue weighted by molar-refractivity contribution is 0.0707. The quantitative estimate of drug-likeness (QED) is 0.859. The Kier molecular flexibility index (Phi) is 3.51. The molecule has 6 nitrogen and oxygen atoms in total. The van der Waals surface area contributed by atoms with Gasteiger partial charge in [0, 0.05) is 31.0 Å². The first kappa shape index (κ1) is 13.5. The molecule has 0 bridgehead atoms. The van der Waals surface area contributed by atoms with E-state index in [1.54, 1.807) is 43.5 Å². The molecule has 0 spiro atoms. The summed E-state index contributed by atoms with van der Waals surface area (Å²) < 4.78 is 12.5. The lowest BCUT2D eigenvalue weighted by Gasteiger charge is -2.27. The molecule has 0 fully saturated rings. The van der Waals surface area contributed by atoms with Crippen molar-refractivity contribution in [2.45, 2.75) is 13.1 Å². The minimum atomic E-state index is -0.0230. The average Bonchev–Trinajstić information content (AvgIpc) is 3.00. The summed E-state index contributed by atoms with van der Waals surface area (Å²) >= 11 is 0. The Bertz CT molecular complexity index is 666. The summed E-state index contributed by atoms with van der Waals surface area (Å²) in [6.45, 7) is 1.98. The summed E-state index contributed by atoms with van der Waals surface area (Å²) in [7, 11) is 3.13. The highest BCUT2D eigenvalue weighted by molar-refractivity contribution is 5.95. The number of carbonyl (C=O) groups is 1. The van der Waals surface area contributed by atoms with Gasteiger partial charge in [0.25, 0.3) is 5.91 Å². The normalized spacial score (nSPS) is 13.7. The van der Waals surface area contributed by atoms with Gasteiger partial charge >= 0.3 is 0 Å². The van der Waals surface area contributed by atoms with Gasteiger partial charge in [-0.25, -0.2) is 4.98 Å². The van der Waals surface area contributed by atoms with Crippen LogP contribution in [0.1, 0.15) is 16.2 Å². The number of amides is 1. The molecule has 6 heteroatoms. The van der Waals surface area contributed by atoms with E-state index >= 15 is 0 Å². The summed E-state index contributed by atoms with van der Waals surface area (Å²) in [6.07, 6.45) is 3.70. The number of rotatable bonds is 3. The van der Waals surface area contributed by atoms with Crippen molar-refractivity contribution in [3.63, 3.8) is 0 Å². The molecule has 0 unspecified atom stereocenters. The predicted molar refractivity (Wildman–Crippen MR) is 76.5 cm³/mol. The van der Waals surface area contributed by atoms with Gasteiger partial charge in [0.1, 0.15) is 5.82 Å². The Morgan fingerprint density at radius 3 is 2.76 bits per heavy atom. The van der Waals surface area contributed by atoms with Gasteiger partial charge in [0.2, 0.25) is 0 Å². The number of aromatic nitrogens is 2. The Hall–Kier alpha value is -2.50. The fourth-order valence-corrected chi connectivity index (χ4v) is 2.50. The molecule has 2 aromatic rings. The number of hydrogen-bond acceptors (Lipinski definition) is 4. The molecule has 0 N–H and O–H groups in total. The second-order valence-electron chi connectivity index (χ2n) is 4.83. The topological polar surface area (TPSA) is 56.6 Å². The Morgan fingerprint density at radius 2 is 2.00 bits per heavy atom. The van der Waals surface area contributed by atoms with Gasteiger partial charge in [-0.05, 0) is 18.2 Å². The first-order valence-corrected chi connectivity index (χ1v) is 6.74. The van der Waals surface area contributed by atoms with Crippen molar-refractivity contribution in [3.8, 4) is 11.5 Å². The summed E-state index contributed by atoms with van der Waals surface area (Å²) in [6, 6.07) is 5.21. The third-order valence-electron chi connectivity index (χ3n) is 3.66. The molecule has 21 heavy (non-hydrogen) atoms. The van der Waals surface area contributed by atoms with E-state index in [9.17, 15) is 4.79 Å². The fourth-order valence-electron chi connectivity index (χ4n) is 2.50. The summed E-state index contributed by atoms with van der Waals surface area (Å²) in [5.41, 5.74) is 0.590. The van der Waals surface area contributed by atoms with Gasteiger partial charge in [-0.15, -0.1) is 0 Å². The first-order chi connectivity index (χ1) is 10.2. The van der Waals surface area contributed by atoms with Crippen molar-refractivity contribution in [1.82, 2.24) is 14.5 Å². The number of imidazole rings is 1. The third kappa shape index (κ3) is 2.44. The van der Waals surface area contributed by atoms with Gasteiger partial charge in [0.15, 0.2) is 11.5 Å². The summed E-state index contributed by atoms with van der Waals surface area (Å²) in [5, 5.41) is 0. The smallest absolute Gasteiger partial charge is 0.254 e. The van der Waals surface area contributed by atoms with Gasteiger partial charge in [-0.2, -0.15) is 0 Å². The van der Waals surface area contributed by atoms with E-state index < -0.39 is 0 Å². The van der Waals surface area contributed by atoms with E-state index in [0.717, 1.165) is 12.4 Å². The van der Waals surface area contributed by atoms with Gasteiger partial charge in [0.05, 0.1) is 20.8 Å². The monoisotopic (exact) mass is 287 g/mol. The van der Waals surface area contributed by atoms with E-state index in [4.69, 9.17) is 9.47 Å². The first-order valence-electron chi connectivity index (χ1n) is 6.74. The van der Waals surface area contributed by atoms with Gasteiger partial charge in [-0.1, -0.05) is 0 Å². The van der Waals surface area contributed by atoms with E-state index in [1.165, 1.54) is 0 Å². The van der Waals surface area contributed by atoms with Crippen LogP contribution in [0.4, 0.5) is 0 Å². The summed E-state index contributed by atoms with van der Waals surface area (Å²) in [5.74, 6) is 2.06. The molecule has 1 amide bonds. The molecule has 0 saturated carbocycles. The largest absolute Gasteiger partial charge is 0.493 e. The molecule has 0 atom stereocenters. The molecule has 0 radical (unpaired) electrons. The number of benzene rings is 1. The van der Waals surface area contributed by atoms with Crippen LogP contribution in [0.15, 0.2) is 30.6 Å². The molecular weight excluding hydrogens is 270 g/mol. The van der Waals surface area contributed by atoms with Crippen LogP contribution in [0.2, 0.25) is 0 Å². The Morgan fingerprint density at radius 1 is 1.19 bits per heavy atom. The van der Waals surface area contributed by atoms with Crippen molar-refractivity contribution in [3.05, 3.63) is 42.0 Å². The standard InChI is InChI=1S/C15H17N3O3/c1-20-12-4-3-11(9-13(12)21-2)15(19)18-8-7-17-6-5-16-14(17)10-18/h3-6,9H,7-8,10H2,1-2H3. The molecule has 1 aliphatic rings. The molecule has 0 aliphatic carbocycles. The van der Waals surface area contributed by atoms with Crippen LogP contribution in [-0.4, -0.2) is 41.1 Å². The minimum absolute atomic E-state index is 0.0230. The van der Waals surface area contributed by atoms with Crippen LogP contribution in [0.25, 0.3) is 0 Å². The van der Waals surface area contributed by atoms with Crippen molar-refractivity contribution >= 4 is 5.91 Å². The number of ether oxygens (including phenoxy) is 2. The molecule has 1 aromatic carbocycles. The molecule has 1 aromatic heterocycles. The van der Waals surface area contributed by atoms with Gasteiger partial charge in [-0.3, -0.25) is 4.79 Å². The Balaban J connectivity index is 1.83. The van der Waals surface area contributed by atoms with E-state index in [2.05, 4.69) is 9.55 Å². The number of carbonyl (C=O) groups excluding carboxylic acids is 1. The van der Waals surface area contributed by atoms with Crippen LogP contribution in [0, 0.1) is 0 Å². The maximum Gasteiger partial charge on any atom is 0.254 e. The number of methoxy groups -OCH3 is 2. The molecule has 1 aliphatic heterocycles. The van der Waals surface area contributed by atoms with E-state index in [1.807, 2.05) is 6.20 Å². The van der Waals surface area contributed by atoms with Crippen LogP contribution in [0.3, 0.4) is 0 Å². The van der Waals surface area contributed by atoms with Crippen molar-refractivity contribution in [2.75, 3.05) is 20.8 Å². The molecule has 2 heterocycles. The zero-order valence-electron chi connectivity index (χ0n) is 12.1. The van der Waals surface area contributed by atoms with E-state index in [0.29, 0.717) is 30.2 Å². The van der Waals surface area contributed by atoms with Crippen LogP contribution >= 0.6 is 0 Å². The zero-order valence-corrected chi connectivity index (χ0v) is 12.1. The van der Waals surface area contributed by atoms with Crippen LogP contribution in [0.5, 0.6) is 11.5 Å². The van der Waals surface area contributed by atoms with Crippen molar-refractivity contribution in [1.29, 1.82) is 0 Å². The zero-order chi connectivity index (χ0) is 14.8. The maximum atomic E-state index is 12.6. The van der Waals surface area contributed by atoms with Crippen LogP contribution < -0.4 is 9.47 Å². The highest BCUT2D eigenvalue weighted by Crippen LogP contribution is 2.28. The molecule has 110 valence electrons. The fraction of sp³-hybridized carbons (Fsp3) is 0.333. The molecule has 3 rings (SSSR count). The second kappa shape index (κ2) is 5.47. The Labute approximate surface area is 122 Å². The minimum Gasteiger partial charge on any atom is -0.493 e. The highest BCUT2D eigenvalue weighted by atomic mass is 16.5. The summed E-state index contributed by atoms with van der Waals surface area (Å²) in [4.78, 5) is 18.7. The lowest BCUT2D eigenvalue weighted by Crippen LogP contribution is -2.38. The molecule has 0 saturated heterocycles. The van der Waals surface area contributed by atoms with Gasteiger partial charge < -0.3 is 18.9 Å². The molecular formula is C15H17N3O3. The SMILES string of the molecule is COc1ccc(C(=O)N2CCn3ccnc3C2)cc1OC. The lowest BCUT2D eigenvalue weighted by atomic mass is 10.1. The number of nitrogens with zero attached hydrogens (tertiary/aromatic N) is 3. The maximum absolute atomic E-state index is 12.6. The predicted octanol–water partition coefficient (Wildman–Crippen LogP) is 1.56. The number of fused-ring (bicyclic) bond motifs is 1. The van der Waals surface area contributed by atoms with Crippen molar-refractivity contribution < 1.29 is 14.3 Å². The second-order valence-corrected chi connectivity index (χ2v) is 4.83. The third-order valence-corrected chi connectivity index (χ3v) is 3.66. The van der Waals surface area contributed by atoms with Crippen LogP contribution in [-0.2, 0) is 13.1 Å². The highest BCUT2D eigenvalue weighted by Gasteiger charge is 2.23. The average molecular weight is 287 g/mol. The van der Waals surface area contributed by atoms with Crippen molar-refractivity contribution in [2.24, 2.45) is 0 Å².